The summed E-state index contributed by atoms with van der Waals surface area (Å²) in [4.78, 5) is 8.80. The smallest absolute Gasteiger partial charge is 0.154 e. The largest absolute Gasteiger partial charge is 0.370 e. The molecule has 1 aromatic heterocycles. The van der Waals surface area contributed by atoms with Gasteiger partial charge in [-0.15, -0.1) is 0 Å². The molecule has 1 aliphatic carbocycles. The third-order valence-electron chi connectivity index (χ3n) is 3.51. The predicted octanol–water partition coefficient (Wildman–Crippen LogP) is 2.50. The quantitative estimate of drug-likeness (QED) is 0.873. The van der Waals surface area contributed by atoms with Gasteiger partial charge >= 0.3 is 0 Å². The van der Waals surface area contributed by atoms with Crippen LogP contribution in [0, 0.1) is 0 Å². The molecular formula is C14H23N3O2S. The van der Waals surface area contributed by atoms with Crippen LogP contribution in [0.25, 0.3) is 0 Å². The lowest BCUT2D eigenvalue weighted by atomic mass is 10.0. The Bertz CT molecular complexity index is 552. The maximum Gasteiger partial charge on any atom is 0.154 e. The summed E-state index contributed by atoms with van der Waals surface area (Å²) in [5, 5.41) is 3.24. The van der Waals surface area contributed by atoms with E-state index in [1.54, 1.807) is 0 Å². The molecule has 0 unspecified atom stereocenters. The summed E-state index contributed by atoms with van der Waals surface area (Å²) in [7, 11) is -3.11. The number of aromatic nitrogens is 2. The Morgan fingerprint density at radius 2 is 2.00 bits per heavy atom. The van der Waals surface area contributed by atoms with Crippen molar-refractivity contribution in [2.24, 2.45) is 0 Å². The van der Waals surface area contributed by atoms with E-state index >= 15 is 0 Å². The van der Waals surface area contributed by atoms with Crippen molar-refractivity contribution in [1.29, 1.82) is 0 Å². The van der Waals surface area contributed by atoms with Crippen LogP contribution >= 0.6 is 0 Å². The highest BCUT2D eigenvalue weighted by molar-refractivity contribution is 7.89. The van der Waals surface area contributed by atoms with E-state index in [9.17, 15) is 8.42 Å². The molecule has 1 aromatic rings. The minimum absolute atomic E-state index is 0.0889. The fraction of sp³-hybridized carbons (Fsp3) is 0.714. The molecule has 6 heteroatoms. The van der Waals surface area contributed by atoms with Crippen LogP contribution in [-0.4, -0.2) is 31.2 Å². The second-order valence-corrected chi connectivity index (χ2v) is 7.71. The molecule has 0 radical (unpaired) electrons. The Morgan fingerprint density at radius 3 is 2.60 bits per heavy atom. The van der Waals surface area contributed by atoms with E-state index in [1.807, 2.05) is 6.07 Å². The maximum absolute atomic E-state index is 11.5. The van der Waals surface area contributed by atoms with E-state index < -0.39 is 9.84 Å². The fourth-order valence-corrected chi connectivity index (χ4v) is 3.19. The summed E-state index contributed by atoms with van der Waals surface area (Å²) in [6, 6.07) is 1.98. The second-order valence-electron chi connectivity index (χ2n) is 5.57. The Balaban J connectivity index is 2.27. The molecule has 0 aliphatic heterocycles. The first kappa shape index (κ1) is 15.2. The first-order valence-electron chi connectivity index (χ1n) is 7.27. The van der Waals surface area contributed by atoms with Crippen LogP contribution in [0.1, 0.15) is 56.5 Å². The third kappa shape index (κ3) is 4.44. The van der Waals surface area contributed by atoms with Crippen molar-refractivity contribution in [2.75, 3.05) is 18.1 Å². The van der Waals surface area contributed by atoms with Gasteiger partial charge in [0, 0.05) is 30.5 Å². The van der Waals surface area contributed by atoms with Crippen molar-refractivity contribution in [1.82, 2.24) is 9.97 Å². The van der Waals surface area contributed by atoms with E-state index in [4.69, 9.17) is 0 Å². The number of hydrogen-bond acceptors (Lipinski definition) is 5. The lowest BCUT2D eigenvalue weighted by molar-refractivity contribution is 0.599. The van der Waals surface area contributed by atoms with Gasteiger partial charge in [0.1, 0.15) is 17.4 Å². The summed E-state index contributed by atoms with van der Waals surface area (Å²) in [5.74, 6) is 1.53. The van der Waals surface area contributed by atoms with Crippen LogP contribution in [0.15, 0.2) is 6.07 Å². The van der Waals surface area contributed by atoms with Crippen molar-refractivity contribution < 1.29 is 8.42 Å². The maximum atomic E-state index is 11.5. The Kier molecular flexibility index (Phi) is 4.96. The van der Waals surface area contributed by atoms with Crippen LogP contribution in [0.5, 0.6) is 0 Å². The summed E-state index contributed by atoms with van der Waals surface area (Å²) >= 11 is 0. The molecule has 1 N–H and O–H groups in total. The SMILES string of the molecule is CCCNc1cc(C2CCCC2)nc(CS(C)(=O)=O)n1. The van der Waals surface area contributed by atoms with Crippen molar-refractivity contribution in [3.8, 4) is 0 Å². The van der Waals surface area contributed by atoms with Gasteiger partial charge in [0.15, 0.2) is 9.84 Å². The number of nitrogens with zero attached hydrogens (tertiary/aromatic N) is 2. The van der Waals surface area contributed by atoms with Gasteiger partial charge in [0.05, 0.1) is 0 Å². The van der Waals surface area contributed by atoms with E-state index in [0.29, 0.717) is 11.7 Å². The van der Waals surface area contributed by atoms with Gasteiger partial charge in [-0.05, 0) is 19.3 Å². The van der Waals surface area contributed by atoms with Crippen LogP contribution in [0.2, 0.25) is 0 Å². The van der Waals surface area contributed by atoms with Gasteiger partial charge in [-0.25, -0.2) is 18.4 Å². The van der Waals surface area contributed by atoms with E-state index in [1.165, 1.54) is 19.1 Å². The van der Waals surface area contributed by atoms with E-state index in [2.05, 4.69) is 22.2 Å². The highest BCUT2D eigenvalue weighted by atomic mass is 32.2. The number of hydrogen-bond donors (Lipinski definition) is 1. The highest BCUT2D eigenvalue weighted by Crippen LogP contribution is 2.33. The lowest BCUT2D eigenvalue weighted by Gasteiger charge is -2.13. The summed E-state index contributed by atoms with van der Waals surface area (Å²) in [6.45, 7) is 2.92. The number of anilines is 1. The van der Waals surface area contributed by atoms with Crippen molar-refractivity contribution >= 4 is 15.7 Å². The van der Waals surface area contributed by atoms with Crippen molar-refractivity contribution in [3.05, 3.63) is 17.6 Å². The minimum Gasteiger partial charge on any atom is -0.370 e. The molecule has 112 valence electrons. The Morgan fingerprint density at radius 1 is 1.30 bits per heavy atom. The molecule has 0 amide bonds. The van der Waals surface area contributed by atoms with Crippen LogP contribution in [0.3, 0.4) is 0 Å². The summed E-state index contributed by atoms with van der Waals surface area (Å²) in [6.07, 6.45) is 6.97. The molecule has 1 fully saturated rings. The minimum atomic E-state index is -3.11. The molecule has 1 aliphatic rings. The highest BCUT2D eigenvalue weighted by Gasteiger charge is 2.20. The predicted molar refractivity (Wildman–Crippen MR) is 80.6 cm³/mol. The normalized spacial score (nSPS) is 16.5. The molecule has 1 saturated carbocycles. The molecule has 5 nitrogen and oxygen atoms in total. The number of nitrogens with one attached hydrogen (secondary N) is 1. The molecule has 0 atom stereocenters. The molecule has 0 aromatic carbocycles. The van der Waals surface area contributed by atoms with Crippen molar-refractivity contribution in [3.63, 3.8) is 0 Å². The lowest BCUT2D eigenvalue weighted by Crippen LogP contribution is -2.11. The molecule has 0 saturated heterocycles. The standard InChI is InChI=1S/C14H23N3O2S/c1-3-8-15-13-9-12(11-6-4-5-7-11)16-14(17-13)10-20(2,18)19/h9,11H,3-8,10H2,1-2H3,(H,15,16,17). The van der Waals surface area contributed by atoms with E-state index in [-0.39, 0.29) is 5.75 Å². The Hall–Kier alpha value is -1.17. The zero-order valence-corrected chi connectivity index (χ0v) is 13.0. The fourth-order valence-electron chi connectivity index (χ4n) is 2.59. The van der Waals surface area contributed by atoms with Crippen LogP contribution in [-0.2, 0) is 15.6 Å². The van der Waals surface area contributed by atoms with Gasteiger partial charge in [-0.2, -0.15) is 0 Å². The van der Waals surface area contributed by atoms with Crippen molar-refractivity contribution in [2.45, 2.75) is 50.7 Å². The molecular weight excluding hydrogens is 274 g/mol. The van der Waals surface area contributed by atoms with Gasteiger partial charge in [0.25, 0.3) is 0 Å². The first-order valence-corrected chi connectivity index (χ1v) is 9.33. The topological polar surface area (TPSA) is 72.0 Å². The summed E-state index contributed by atoms with van der Waals surface area (Å²) in [5.41, 5.74) is 0.995. The summed E-state index contributed by atoms with van der Waals surface area (Å²) < 4.78 is 22.9. The molecule has 2 rings (SSSR count). The van der Waals surface area contributed by atoms with Crippen LogP contribution in [0.4, 0.5) is 5.82 Å². The van der Waals surface area contributed by atoms with Gasteiger partial charge in [-0.1, -0.05) is 19.8 Å². The zero-order valence-electron chi connectivity index (χ0n) is 12.2. The van der Waals surface area contributed by atoms with Gasteiger partial charge in [0.2, 0.25) is 0 Å². The van der Waals surface area contributed by atoms with Gasteiger partial charge in [-0.3, -0.25) is 0 Å². The zero-order chi connectivity index (χ0) is 14.6. The second kappa shape index (κ2) is 6.52. The molecule has 20 heavy (non-hydrogen) atoms. The molecule has 0 bridgehead atoms. The first-order chi connectivity index (χ1) is 9.48. The average molecular weight is 297 g/mol. The number of sulfone groups is 1. The average Bonchev–Trinajstić information content (AvgIpc) is 2.87. The van der Waals surface area contributed by atoms with E-state index in [0.717, 1.165) is 37.3 Å². The Labute approximate surface area is 121 Å². The monoisotopic (exact) mass is 297 g/mol. The third-order valence-corrected chi connectivity index (χ3v) is 4.30. The van der Waals surface area contributed by atoms with Crippen LogP contribution < -0.4 is 5.32 Å². The molecule has 0 spiro atoms. The van der Waals surface area contributed by atoms with Gasteiger partial charge < -0.3 is 5.32 Å². The number of rotatable bonds is 6. The molecule has 1 heterocycles.